The molecule has 0 aliphatic carbocycles. The number of aliphatic hydroxyl groups is 1. The minimum absolute atomic E-state index is 0.164. The van der Waals surface area contributed by atoms with Gasteiger partial charge in [-0.3, -0.25) is 0 Å². The molecular formula is C12H19NO. The fourth-order valence-electron chi connectivity index (χ4n) is 1.27. The highest BCUT2D eigenvalue weighted by Gasteiger charge is 2.00. The average Bonchev–Trinajstić information content (AvgIpc) is 2.19. The van der Waals surface area contributed by atoms with Crippen LogP contribution in [0.1, 0.15) is 23.6 Å². The Labute approximate surface area is 86.0 Å². The van der Waals surface area contributed by atoms with E-state index in [1.807, 2.05) is 6.92 Å². The molecule has 0 heterocycles. The first-order valence-electron chi connectivity index (χ1n) is 5.04. The summed E-state index contributed by atoms with van der Waals surface area (Å²) in [6.07, 6.45) is 0. The molecule has 0 saturated carbocycles. The van der Waals surface area contributed by atoms with Crippen LogP contribution in [0, 0.1) is 13.8 Å². The number of hydrogen-bond acceptors (Lipinski definition) is 2. The molecule has 14 heavy (non-hydrogen) atoms. The van der Waals surface area contributed by atoms with Crippen LogP contribution in [0.15, 0.2) is 18.2 Å². The van der Waals surface area contributed by atoms with Gasteiger partial charge in [0.25, 0.3) is 0 Å². The minimum atomic E-state index is 0.164. The van der Waals surface area contributed by atoms with E-state index in [9.17, 15) is 0 Å². The fourth-order valence-corrected chi connectivity index (χ4v) is 1.27. The molecule has 0 unspecified atom stereocenters. The van der Waals surface area contributed by atoms with Crippen molar-refractivity contribution in [2.24, 2.45) is 0 Å². The van der Waals surface area contributed by atoms with Crippen molar-refractivity contribution in [1.82, 2.24) is 5.32 Å². The van der Waals surface area contributed by atoms with Gasteiger partial charge in [-0.05, 0) is 37.5 Å². The van der Waals surface area contributed by atoms with Crippen molar-refractivity contribution in [3.8, 4) is 0 Å². The van der Waals surface area contributed by atoms with Gasteiger partial charge in [0.2, 0.25) is 0 Å². The highest BCUT2D eigenvalue weighted by atomic mass is 16.3. The number of benzene rings is 1. The highest BCUT2D eigenvalue weighted by Crippen LogP contribution is 2.09. The molecule has 1 atom stereocenters. The van der Waals surface area contributed by atoms with Crippen LogP contribution >= 0.6 is 0 Å². The Bertz CT molecular complexity index is 296. The lowest BCUT2D eigenvalue weighted by Crippen LogP contribution is -2.28. The van der Waals surface area contributed by atoms with Crippen LogP contribution in [0.5, 0.6) is 0 Å². The third-order valence-corrected chi connectivity index (χ3v) is 2.50. The molecule has 0 aliphatic rings. The average molecular weight is 193 g/mol. The first kappa shape index (κ1) is 11.2. The summed E-state index contributed by atoms with van der Waals surface area (Å²) in [5.74, 6) is 0. The largest absolute Gasteiger partial charge is 0.395 e. The lowest BCUT2D eigenvalue weighted by Gasteiger charge is -2.11. The molecule has 0 radical (unpaired) electrons. The molecule has 0 fully saturated rings. The van der Waals surface area contributed by atoms with Gasteiger partial charge in [0.15, 0.2) is 0 Å². The summed E-state index contributed by atoms with van der Waals surface area (Å²) >= 11 is 0. The van der Waals surface area contributed by atoms with Crippen molar-refractivity contribution >= 4 is 0 Å². The van der Waals surface area contributed by atoms with Gasteiger partial charge >= 0.3 is 0 Å². The quantitative estimate of drug-likeness (QED) is 0.764. The molecule has 2 nitrogen and oxygen atoms in total. The monoisotopic (exact) mass is 193 g/mol. The number of aryl methyl sites for hydroxylation is 2. The van der Waals surface area contributed by atoms with Crippen molar-refractivity contribution in [1.29, 1.82) is 0 Å². The van der Waals surface area contributed by atoms with Crippen LogP contribution in [-0.4, -0.2) is 17.8 Å². The first-order chi connectivity index (χ1) is 6.63. The number of hydrogen-bond donors (Lipinski definition) is 2. The molecule has 78 valence electrons. The number of aliphatic hydroxyl groups excluding tert-OH is 1. The molecule has 0 spiro atoms. The van der Waals surface area contributed by atoms with Gasteiger partial charge < -0.3 is 10.4 Å². The number of rotatable bonds is 4. The lowest BCUT2D eigenvalue weighted by atomic mass is 10.1. The molecule has 1 rings (SSSR count). The van der Waals surface area contributed by atoms with E-state index in [0.29, 0.717) is 0 Å². The topological polar surface area (TPSA) is 32.3 Å². The zero-order chi connectivity index (χ0) is 10.6. The normalized spacial score (nSPS) is 12.9. The predicted octanol–water partition coefficient (Wildman–Crippen LogP) is 1.77. The molecule has 0 saturated heterocycles. The van der Waals surface area contributed by atoms with Gasteiger partial charge in [0.05, 0.1) is 6.61 Å². The Kier molecular flexibility index (Phi) is 4.11. The molecular weight excluding hydrogens is 174 g/mol. The second-order valence-corrected chi connectivity index (χ2v) is 3.88. The molecule has 0 bridgehead atoms. The summed E-state index contributed by atoms with van der Waals surface area (Å²) in [5.41, 5.74) is 3.92. The zero-order valence-electron chi connectivity index (χ0n) is 9.17. The summed E-state index contributed by atoms with van der Waals surface area (Å²) in [6, 6.07) is 6.61. The van der Waals surface area contributed by atoms with Gasteiger partial charge in [-0.15, -0.1) is 0 Å². The molecule has 2 N–H and O–H groups in total. The van der Waals surface area contributed by atoms with E-state index in [1.54, 1.807) is 0 Å². The second kappa shape index (κ2) is 5.13. The van der Waals surface area contributed by atoms with Crippen molar-refractivity contribution in [2.75, 3.05) is 6.61 Å². The molecule has 0 aliphatic heterocycles. The molecule has 2 heteroatoms. The van der Waals surface area contributed by atoms with Crippen molar-refractivity contribution < 1.29 is 5.11 Å². The van der Waals surface area contributed by atoms with E-state index in [0.717, 1.165) is 6.54 Å². The van der Waals surface area contributed by atoms with Gasteiger partial charge in [-0.25, -0.2) is 0 Å². The van der Waals surface area contributed by atoms with Crippen LogP contribution < -0.4 is 5.32 Å². The smallest absolute Gasteiger partial charge is 0.0582 e. The maximum absolute atomic E-state index is 8.85. The standard InChI is InChI=1S/C12H19NO/c1-9-4-5-12(6-10(9)2)7-13-11(3)8-14/h4-6,11,13-14H,7-8H2,1-3H3/t11-/m0/s1. The first-order valence-corrected chi connectivity index (χ1v) is 5.04. The van der Waals surface area contributed by atoms with Crippen LogP contribution in [0.4, 0.5) is 0 Å². The van der Waals surface area contributed by atoms with E-state index in [4.69, 9.17) is 5.11 Å². The van der Waals surface area contributed by atoms with Crippen LogP contribution in [0.25, 0.3) is 0 Å². The Balaban J connectivity index is 2.55. The summed E-state index contributed by atoms with van der Waals surface area (Å²) < 4.78 is 0. The van der Waals surface area contributed by atoms with E-state index in [-0.39, 0.29) is 12.6 Å². The Morgan fingerprint density at radius 3 is 2.57 bits per heavy atom. The van der Waals surface area contributed by atoms with Crippen LogP contribution in [-0.2, 0) is 6.54 Å². The molecule has 0 aromatic heterocycles. The van der Waals surface area contributed by atoms with E-state index < -0.39 is 0 Å². The van der Waals surface area contributed by atoms with Gasteiger partial charge in [0.1, 0.15) is 0 Å². The van der Waals surface area contributed by atoms with Gasteiger partial charge in [-0.1, -0.05) is 18.2 Å². The Morgan fingerprint density at radius 1 is 1.29 bits per heavy atom. The Hall–Kier alpha value is -0.860. The summed E-state index contributed by atoms with van der Waals surface area (Å²) in [5, 5.41) is 12.1. The molecule has 1 aromatic carbocycles. The maximum atomic E-state index is 8.85. The van der Waals surface area contributed by atoms with Crippen molar-refractivity contribution in [3.63, 3.8) is 0 Å². The molecule has 1 aromatic rings. The van der Waals surface area contributed by atoms with E-state index in [2.05, 4.69) is 37.4 Å². The Morgan fingerprint density at radius 2 is 2.00 bits per heavy atom. The van der Waals surface area contributed by atoms with Gasteiger partial charge in [0, 0.05) is 12.6 Å². The zero-order valence-corrected chi connectivity index (χ0v) is 9.17. The predicted molar refractivity (Wildman–Crippen MR) is 59.3 cm³/mol. The molecule has 0 amide bonds. The minimum Gasteiger partial charge on any atom is -0.395 e. The van der Waals surface area contributed by atoms with Crippen molar-refractivity contribution in [3.05, 3.63) is 34.9 Å². The van der Waals surface area contributed by atoms with Crippen LogP contribution in [0.2, 0.25) is 0 Å². The van der Waals surface area contributed by atoms with Gasteiger partial charge in [-0.2, -0.15) is 0 Å². The van der Waals surface area contributed by atoms with Crippen molar-refractivity contribution in [2.45, 2.75) is 33.4 Å². The van der Waals surface area contributed by atoms with E-state index in [1.165, 1.54) is 16.7 Å². The second-order valence-electron chi connectivity index (χ2n) is 3.88. The summed E-state index contributed by atoms with van der Waals surface area (Å²) in [7, 11) is 0. The lowest BCUT2D eigenvalue weighted by molar-refractivity contribution is 0.251. The van der Waals surface area contributed by atoms with E-state index >= 15 is 0 Å². The van der Waals surface area contributed by atoms with Crippen LogP contribution in [0.3, 0.4) is 0 Å². The SMILES string of the molecule is Cc1ccc(CN[C@@H](C)CO)cc1C. The highest BCUT2D eigenvalue weighted by molar-refractivity contribution is 5.29. The summed E-state index contributed by atoms with van der Waals surface area (Å²) in [6.45, 7) is 7.21. The fraction of sp³-hybridized carbons (Fsp3) is 0.500. The third kappa shape index (κ3) is 3.13. The summed E-state index contributed by atoms with van der Waals surface area (Å²) in [4.78, 5) is 0. The third-order valence-electron chi connectivity index (χ3n) is 2.50. The maximum Gasteiger partial charge on any atom is 0.0582 e. The number of nitrogens with one attached hydrogen (secondary N) is 1.